The van der Waals surface area contributed by atoms with Gasteiger partial charge >= 0.3 is 0 Å². The maximum Gasteiger partial charge on any atom is 0.254 e. The molecule has 0 saturated heterocycles. The maximum atomic E-state index is 13.7. The normalized spacial score (nSPS) is 17.6. The summed E-state index contributed by atoms with van der Waals surface area (Å²) in [7, 11) is 0. The van der Waals surface area contributed by atoms with E-state index in [0.717, 1.165) is 18.7 Å². The van der Waals surface area contributed by atoms with E-state index in [-0.39, 0.29) is 17.5 Å². The summed E-state index contributed by atoms with van der Waals surface area (Å²) in [4.78, 5) is 16.4. The highest BCUT2D eigenvalue weighted by atomic mass is 79.9. The molecule has 1 N–H and O–H groups in total. The lowest BCUT2D eigenvalue weighted by Crippen LogP contribution is -2.41. The van der Waals surface area contributed by atoms with Crippen molar-refractivity contribution in [1.29, 1.82) is 0 Å². The third-order valence-electron chi connectivity index (χ3n) is 3.44. The number of carbonyl (C=O) groups excluding carboxylic acids is 1. The molecule has 2 heterocycles. The van der Waals surface area contributed by atoms with Gasteiger partial charge in [0.1, 0.15) is 11.6 Å². The molecule has 104 valence electrons. The van der Waals surface area contributed by atoms with Gasteiger partial charge in [-0.05, 0) is 24.6 Å². The molecule has 0 spiro atoms. The highest BCUT2D eigenvalue weighted by molar-refractivity contribution is 9.10. The Labute approximate surface area is 124 Å². The van der Waals surface area contributed by atoms with Gasteiger partial charge in [-0.1, -0.05) is 15.9 Å². The average molecular weight is 338 g/mol. The first kappa shape index (κ1) is 13.3. The number of carbonyl (C=O) groups is 1. The van der Waals surface area contributed by atoms with Gasteiger partial charge in [-0.2, -0.15) is 0 Å². The Morgan fingerprint density at radius 1 is 1.50 bits per heavy atom. The molecule has 0 radical (unpaired) electrons. The molecule has 0 fully saturated rings. The first-order chi connectivity index (χ1) is 9.63. The van der Waals surface area contributed by atoms with Crippen molar-refractivity contribution < 1.29 is 9.18 Å². The predicted molar refractivity (Wildman–Crippen MR) is 75.9 cm³/mol. The molecule has 1 aliphatic rings. The summed E-state index contributed by atoms with van der Waals surface area (Å²) in [5.41, 5.74) is 0.0656. The van der Waals surface area contributed by atoms with Gasteiger partial charge in [0.2, 0.25) is 0 Å². The number of hydrogen-bond donors (Lipinski definition) is 1. The first-order valence-electron chi connectivity index (χ1n) is 6.39. The second-order valence-corrected chi connectivity index (χ2v) is 5.74. The lowest BCUT2D eigenvalue weighted by Gasteiger charge is -2.24. The molecule has 20 heavy (non-hydrogen) atoms. The molecule has 1 aliphatic heterocycles. The van der Waals surface area contributed by atoms with Crippen LogP contribution in [0.1, 0.15) is 22.6 Å². The summed E-state index contributed by atoms with van der Waals surface area (Å²) in [6.45, 7) is 0.677. The Balaban J connectivity index is 1.72. The van der Waals surface area contributed by atoms with E-state index < -0.39 is 5.82 Å². The van der Waals surface area contributed by atoms with Crippen LogP contribution >= 0.6 is 15.9 Å². The Kier molecular flexibility index (Phi) is 3.56. The minimum absolute atomic E-state index is 0.00239. The van der Waals surface area contributed by atoms with Crippen LogP contribution in [0, 0.1) is 5.82 Å². The number of rotatable bonds is 2. The number of benzene rings is 1. The second-order valence-electron chi connectivity index (χ2n) is 4.83. The zero-order valence-electron chi connectivity index (χ0n) is 10.6. The molecule has 1 atom stereocenters. The van der Waals surface area contributed by atoms with Crippen molar-refractivity contribution in [3.63, 3.8) is 0 Å². The fraction of sp³-hybridized carbons (Fsp3) is 0.286. The largest absolute Gasteiger partial charge is 0.347 e. The van der Waals surface area contributed by atoms with Crippen LogP contribution in [0.25, 0.3) is 0 Å². The molecule has 6 heteroatoms. The zero-order valence-corrected chi connectivity index (χ0v) is 12.2. The van der Waals surface area contributed by atoms with Crippen LogP contribution in [0.15, 0.2) is 35.1 Å². The van der Waals surface area contributed by atoms with Crippen LogP contribution in [0.5, 0.6) is 0 Å². The second kappa shape index (κ2) is 5.36. The molecule has 0 bridgehead atoms. The van der Waals surface area contributed by atoms with Gasteiger partial charge in [0.15, 0.2) is 0 Å². The van der Waals surface area contributed by atoms with Crippen LogP contribution < -0.4 is 5.32 Å². The monoisotopic (exact) mass is 337 g/mol. The Hall–Kier alpha value is -1.69. The molecular formula is C14H13BrFN3O. The van der Waals surface area contributed by atoms with Gasteiger partial charge in [-0.25, -0.2) is 9.37 Å². The molecule has 4 nitrogen and oxygen atoms in total. The van der Waals surface area contributed by atoms with E-state index in [1.807, 2.05) is 10.8 Å². The summed E-state index contributed by atoms with van der Waals surface area (Å²) in [5.74, 6) is 0.145. The SMILES string of the molecule is O=C(N[C@@H]1CCc2nccn2C1)c1cc(Br)ccc1F. The number of nitrogens with one attached hydrogen (secondary N) is 1. The van der Waals surface area contributed by atoms with Crippen LogP contribution in [-0.4, -0.2) is 21.5 Å². The number of amides is 1. The standard InChI is InChI=1S/C14H13BrFN3O/c15-9-1-3-12(16)11(7-9)14(20)18-10-2-4-13-17-5-6-19(13)8-10/h1,3,5-7,10H,2,4,8H2,(H,18,20)/t10-/m1/s1. The lowest BCUT2D eigenvalue weighted by atomic mass is 10.1. The third-order valence-corrected chi connectivity index (χ3v) is 3.94. The van der Waals surface area contributed by atoms with Crippen LogP contribution in [0.3, 0.4) is 0 Å². The van der Waals surface area contributed by atoms with Crippen molar-refractivity contribution in [1.82, 2.24) is 14.9 Å². The minimum Gasteiger partial charge on any atom is -0.347 e. The molecule has 1 aromatic carbocycles. The van der Waals surface area contributed by atoms with Gasteiger partial charge < -0.3 is 9.88 Å². The van der Waals surface area contributed by atoms with Crippen molar-refractivity contribution in [2.45, 2.75) is 25.4 Å². The summed E-state index contributed by atoms with van der Waals surface area (Å²) >= 11 is 3.25. The van der Waals surface area contributed by atoms with E-state index in [1.54, 1.807) is 12.3 Å². The highest BCUT2D eigenvalue weighted by Gasteiger charge is 2.22. The number of aryl methyl sites for hydroxylation is 1. The predicted octanol–water partition coefficient (Wildman–Crippen LogP) is 2.53. The number of fused-ring (bicyclic) bond motifs is 1. The van der Waals surface area contributed by atoms with Crippen LogP contribution in [0.4, 0.5) is 4.39 Å². The molecule has 3 rings (SSSR count). The van der Waals surface area contributed by atoms with E-state index >= 15 is 0 Å². The van der Waals surface area contributed by atoms with Crippen molar-refractivity contribution in [2.75, 3.05) is 0 Å². The topological polar surface area (TPSA) is 46.9 Å². The number of hydrogen-bond acceptors (Lipinski definition) is 2. The summed E-state index contributed by atoms with van der Waals surface area (Å²) in [5, 5.41) is 2.89. The third kappa shape index (κ3) is 2.60. The van der Waals surface area contributed by atoms with E-state index in [0.29, 0.717) is 11.0 Å². The Morgan fingerprint density at radius 3 is 3.20 bits per heavy atom. The summed E-state index contributed by atoms with van der Waals surface area (Å²) in [6.07, 6.45) is 5.29. The van der Waals surface area contributed by atoms with E-state index in [4.69, 9.17) is 0 Å². The van der Waals surface area contributed by atoms with Gasteiger partial charge in [0.05, 0.1) is 5.56 Å². The molecule has 1 aromatic heterocycles. The van der Waals surface area contributed by atoms with Gasteiger partial charge in [-0.15, -0.1) is 0 Å². The molecule has 0 saturated carbocycles. The van der Waals surface area contributed by atoms with Crippen molar-refractivity contribution in [3.8, 4) is 0 Å². The zero-order chi connectivity index (χ0) is 14.1. The van der Waals surface area contributed by atoms with Gasteiger partial charge in [0, 0.05) is 35.9 Å². The number of halogens is 2. The smallest absolute Gasteiger partial charge is 0.254 e. The quantitative estimate of drug-likeness (QED) is 0.915. The van der Waals surface area contributed by atoms with Crippen LogP contribution in [0.2, 0.25) is 0 Å². The molecule has 0 unspecified atom stereocenters. The molecule has 0 aliphatic carbocycles. The van der Waals surface area contributed by atoms with Crippen molar-refractivity contribution in [3.05, 3.63) is 52.3 Å². The van der Waals surface area contributed by atoms with Crippen LogP contribution in [-0.2, 0) is 13.0 Å². The lowest BCUT2D eigenvalue weighted by molar-refractivity contribution is 0.0923. The number of nitrogens with zero attached hydrogens (tertiary/aromatic N) is 2. The maximum absolute atomic E-state index is 13.7. The number of imidazole rings is 1. The van der Waals surface area contributed by atoms with Gasteiger partial charge in [0.25, 0.3) is 5.91 Å². The van der Waals surface area contributed by atoms with E-state index in [1.165, 1.54) is 12.1 Å². The molecular weight excluding hydrogens is 325 g/mol. The van der Waals surface area contributed by atoms with Gasteiger partial charge in [-0.3, -0.25) is 4.79 Å². The number of aromatic nitrogens is 2. The summed E-state index contributed by atoms with van der Waals surface area (Å²) < 4.78 is 16.4. The van der Waals surface area contributed by atoms with Crippen molar-refractivity contribution >= 4 is 21.8 Å². The summed E-state index contributed by atoms with van der Waals surface area (Å²) in [6, 6.07) is 4.36. The molecule has 2 aromatic rings. The van der Waals surface area contributed by atoms with E-state index in [9.17, 15) is 9.18 Å². The Morgan fingerprint density at radius 2 is 2.35 bits per heavy atom. The van der Waals surface area contributed by atoms with Crippen molar-refractivity contribution in [2.24, 2.45) is 0 Å². The fourth-order valence-electron chi connectivity index (χ4n) is 2.42. The average Bonchev–Trinajstić information content (AvgIpc) is 2.89. The Bertz CT molecular complexity index is 656. The fourth-order valence-corrected chi connectivity index (χ4v) is 2.78. The first-order valence-corrected chi connectivity index (χ1v) is 7.19. The molecule has 1 amide bonds. The highest BCUT2D eigenvalue weighted by Crippen LogP contribution is 2.17. The minimum atomic E-state index is -0.509. The van der Waals surface area contributed by atoms with E-state index in [2.05, 4.69) is 26.2 Å².